The summed E-state index contributed by atoms with van der Waals surface area (Å²) < 4.78 is 44.6. The molecule has 74 heavy (non-hydrogen) atoms. The third kappa shape index (κ3) is 15.5. The van der Waals surface area contributed by atoms with Crippen molar-refractivity contribution in [3.8, 4) is 0 Å². The molecule has 2 heterocycles. The van der Waals surface area contributed by atoms with Gasteiger partial charge in [0, 0.05) is 25.2 Å². The van der Waals surface area contributed by atoms with E-state index in [2.05, 4.69) is 0 Å². The monoisotopic (exact) mass is 1110 g/mol. The van der Waals surface area contributed by atoms with Crippen LogP contribution in [0.15, 0.2) is 93.6 Å². The first-order valence-corrected chi connectivity index (χ1v) is 24.5. The highest BCUT2D eigenvalue weighted by atomic mass is 35.5. The number of esters is 4. The van der Waals surface area contributed by atoms with E-state index in [1.54, 1.807) is 52.0 Å². The summed E-state index contributed by atoms with van der Waals surface area (Å²) in [6, 6.07) is 9.25. The molecule has 2 aromatic carbocycles. The number of carbonyl (C=O) groups excluding carboxylic acids is 6. The van der Waals surface area contributed by atoms with Gasteiger partial charge in [0.15, 0.2) is 0 Å². The van der Waals surface area contributed by atoms with Crippen molar-refractivity contribution in [1.82, 2.24) is 10.1 Å². The predicted molar refractivity (Wildman–Crippen MR) is 271 cm³/mol. The summed E-state index contributed by atoms with van der Waals surface area (Å²) in [5.41, 5.74) is 10.3. The van der Waals surface area contributed by atoms with E-state index in [9.17, 15) is 28.8 Å². The normalized spacial score (nSPS) is 16.2. The number of nitrogens with zero attached hydrogens (tertiary/aromatic N) is 2. The third-order valence-corrected chi connectivity index (χ3v) is 12.3. The van der Waals surface area contributed by atoms with E-state index in [0.717, 1.165) is 24.3 Å². The summed E-state index contributed by atoms with van der Waals surface area (Å²) >= 11 is 26.5. The van der Waals surface area contributed by atoms with Crippen LogP contribution in [0, 0.1) is 0 Å². The lowest BCUT2D eigenvalue weighted by Gasteiger charge is -2.37. The number of carbonyl (C=O) groups is 6. The van der Waals surface area contributed by atoms with E-state index < -0.39 is 73.1 Å². The molecular formula is C50H60Cl4N4O16. The second-order valence-electron chi connectivity index (χ2n) is 16.4. The van der Waals surface area contributed by atoms with Gasteiger partial charge >= 0.3 is 35.8 Å². The predicted octanol–water partition coefficient (Wildman–Crippen LogP) is 6.56. The zero-order chi connectivity index (χ0) is 54.8. The molecule has 0 fully saturated rings. The van der Waals surface area contributed by atoms with Crippen molar-refractivity contribution < 1.29 is 76.3 Å². The maximum atomic E-state index is 14.3. The molecule has 2 aliphatic heterocycles. The van der Waals surface area contributed by atoms with Crippen LogP contribution in [0.4, 0.5) is 0 Å². The molecule has 0 unspecified atom stereocenters. The lowest BCUT2D eigenvalue weighted by Crippen LogP contribution is -2.39. The molecule has 0 aromatic heterocycles. The number of hydrogen-bond acceptors (Lipinski definition) is 20. The molecule has 2 aromatic rings. The minimum atomic E-state index is -1.31. The van der Waals surface area contributed by atoms with Crippen molar-refractivity contribution in [2.45, 2.75) is 65.6 Å². The number of rotatable bonds is 26. The van der Waals surface area contributed by atoms with Crippen LogP contribution in [0.2, 0.25) is 20.1 Å². The minimum absolute atomic E-state index is 0.00290. The summed E-state index contributed by atoms with van der Waals surface area (Å²) in [6.07, 6.45) is -0.0137. The van der Waals surface area contributed by atoms with Gasteiger partial charge in [-0.2, -0.15) is 10.1 Å². The molecule has 0 saturated heterocycles. The van der Waals surface area contributed by atoms with Gasteiger partial charge in [-0.3, -0.25) is 0 Å². The lowest BCUT2D eigenvalue weighted by atomic mass is 9.80. The maximum Gasteiger partial charge on any atom is 0.356 e. The van der Waals surface area contributed by atoms with Gasteiger partial charge in [0.25, 0.3) is 0 Å². The van der Waals surface area contributed by atoms with E-state index in [4.69, 9.17) is 105 Å². The average Bonchev–Trinajstić information content (AvgIpc) is 3.35. The zero-order valence-corrected chi connectivity index (χ0v) is 45.1. The lowest BCUT2D eigenvalue weighted by molar-refractivity contribution is -0.174. The number of halogens is 4. The molecule has 0 bridgehead atoms. The fourth-order valence-corrected chi connectivity index (χ4v) is 8.44. The molecule has 404 valence electrons. The Kier molecular flexibility index (Phi) is 24.4. The molecule has 4 rings (SSSR count). The first-order chi connectivity index (χ1) is 35.2. The molecular weight excluding hydrogens is 1050 g/mol. The van der Waals surface area contributed by atoms with Gasteiger partial charge in [0.05, 0.1) is 156 Å². The second kappa shape index (κ2) is 29.5. The standard InChI is InChI=1S/C50H60Cl4N4O16/c1-27(2)71-49(63)43-35(25-69-23-21-67-19-17-55)57(29(5)39(47(61)65-7)41(43)31-11-9-13-33(51)45(31)53)73-37(59)15-16-38(60)74-58-30(6)40(48(62)66-8)42(32-12-10-14-34(52)46(32)54)44(50(64)72-28(3)4)36(58)26-70-24-22-68-20-18-56/h9-16,27-28,41-42H,17-26,55-56H2,1-8H3/b16-15+/t41-,42-/m0/s1. The highest BCUT2D eigenvalue weighted by Gasteiger charge is 2.46. The first-order valence-electron chi connectivity index (χ1n) is 23.0. The number of benzene rings is 2. The van der Waals surface area contributed by atoms with E-state index in [0.29, 0.717) is 12.2 Å². The Bertz CT molecular complexity index is 2390. The van der Waals surface area contributed by atoms with Crippen LogP contribution in [-0.4, -0.2) is 138 Å². The number of allylic oxidation sites excluding steroid dienone is 2. The van der Waals surface area contributed by atoms with Crippen LogP contribution in [0.5, 0.6) is 0 Å². The van der Waals surface area contributed by atoms with Crippen molar-refractivity contribution in [1.29, 1.82) is 0 Å². The van der Waals surface area contributed by atoms with Gasteiger partial charge < -0.3 is 59.0 Å². The molecule has 0 amide bonds. The van der Waals surface area contributed by atoms with Gasteiger partial charge in [-0.25, -0.2) is 28.8 Å². The molecule has 20 nitrogen and oxygen atoms in total. The number of nitrogens with two attached hydrogens (primary N) is 2. The zero-order valence-electron chi connectivity index (χ0n) is 42.1. The molecule has 4 N–H and O–H groups in total. The van der Waals surface area contributed by atoms with Crippen molar-refractivity contribution in [2.24, 2.45) is 11.5 Å². The topological polar surface area (TPSA) is 253 Å². The molecule has 0 aliphatic carbocycles. The van der Waals surface area contributed by atoms with E-state index in [1.165, 1.54) is 26.0 Å². The molecule has 2 aliphatic rings. The molecule has 0 radical (unpaired) electrons. The van der Waals surface area contributed by atoms with E-state index in [1.807, 2.05) is 0 Å². The largest absolute Gasteiger partial charge is 0.466 e. The Morgan fingerprint density at radius 2 is 0.892 bits per heavy atom. The van der Waals surface area contributed by atoms with Gasteiger partial charge in [-0.05, 0) is 64.8 Å². The number of methoxy groups -OCH3 is 2. The first kappa shape index (κ1) is 61.0. The summed E-state index contributed by atoms with van der Waals surface area (Å²) in [4.78, 5) is 95.9. The Morgan fingerprint density at radius 3 is 1.22 bits per heavy atom. The SMILES string of the molecule is COC(=O)C1=C(C)N(OC(=O)/C=C/C(=O)ON2C(C)=C(C(=O)OC)[C@H](c3cccc(Cl)c3Cl)C(C(=O)OC(C)C)=C2COCCOCCN)C(COCCOCCN)=C(C(=O)OC(C)C)[C@H]1c1cccc(Cl)c1Cl. The smallest absolute Gasteiger partial charge is 0.356 e. The second-order valence-corrected chi connectivity index (χ2v) is 18.0. The summed E-state index contributed by atoms with van der Waals surface area (Å²) in [5, 5.41) is 1.94. The van der Waals surface area contributed by atoms with Crippen molar-refractivity contribution in [2.75, 3.05) is 80.2 Å². The van der Waals surface area contributed by atoms with Crippen LogP contribution in [-0.2, 0) is 76.3 Å². The van der Waals surface area contributed by atoms with Crippen molar-refractivity contribution in [3.05, 3.63) is 125 Å². The quantitative estimate of drug-likeness (QED) is 0.0438. The fourth-order valence-electron chi connectivity index (χ4n) is 7.61. The van der Waals surface area contributed by atoms with Gasteiger partial charge in [0.2, 0.25) is 0 Å². The Morgan fingerprint density at radius 1 is 0.541 bits per heavy atom. The van der Waals surface area contributed by atoms with Crippen molar-refractivity contribution in [3.63, 3.8) is 0 Å². The summed E-state index contributed by atoms with van der Waals surface area (Å²) in [6.45, 7) is 9.40. The fraction of sp³-hybridized carbons (Fsp3) is 0.440. The van der Waals surface area contributed by atoms with Gasteiger partial charge in [-0.15, -0.1) is 0 Å². The van der Waals surface area contributed by atoms with Crippen LogP contribution in [0.3, 0.4) is 0 Å². The van der Waals surface area contributed by atoms with E-state index in [-0.39, 0.29) is 129 Å². The molecule has 24 heteroatoms. The van der Waals surface area contributed by atoms with Crippen molar-refractivity contribution >= 4 is 82.2 Å². The summed E-state index contributed by atoms with van der Waals surface area (Å²) in [7, 11) is 2.22. The number of hydroxylamine groups is 4. The van der Waals surface area contributed by atoms with E-state index >= 15 is 0 Å². The van der Waals surface area contributed by atoms with Crippen LogP contribution >= 0.6 is 46.4 Å². The molecule has 0 spiro atoms. The Hall–Kier alpha value is -5.52. The Labute approximate surface area is 448 Å². The highest BCUT2D eigenvalue weighted by Crippen LogP contribution is 2.48. The van der Waals surface area contributed by atoms with Crippen LogP contribution in [0.1, 0.15) is 64.5 Å². The van der Waals surface area contributed by atoms with Gasteiger partial charge in [0.1, 0.15) is 0 Å². The third-order valence-electron chi connectivity index (χ3n) is 10.6. The molecule has 2 atom stereocenters. The molecule has 0 saturated carbocycles. The number of ether oxygens (including phenoxy) is 8. The summed E-state index contributed by atoms with van der Waals surface area (Å²) in [5.74, 6) is -8.92. The Balaban J connectivity index is 1.87. The highest BCUT2D eigenvalue weighted by molar-refractivity contribution is 6.43. The van der Waals surface area contributed by atoms with Crippen LogP contribution < -0.4 is 11.5 Å². The number of hydrogen-bond donors (Lipinski definition) is 2. The van der Waals surface area contributed by atoms with Crippen LogP contribution in [0.25, 0.3) is 0 Å². The maximum absolute atomic E-state index is 14.3. The minimum Gasteiger partial charge on any atom is -0.466 e. The average molecular weight is 1110 g/mol. The van der Waals surface area contributed by atoms with Gasteiger partial charge in [-0.1, -0.05) is 70.7 Å².